The van der Waals surface area contributed by atoms with E-state index >= 15 is 0 Å². The highest BCUT2D eigenvalue weighted by molar-refractivity contribution is 8.00. The normalized spacial score (nSPS) is 27.9. The first-order valence-corrected chi connectivity index (χ1v) is 7.80. The van der Waals surface area contributed by atoms with Gasteiger partial charge in [0.2, 0.25) is 0 Å². The van der Waals surface area contributed by atoms with E-state index in [1.54, 1.807) is 0 Å². The zero-order valence-electron chi connectivity index (χ0n) is 11.2. The van der Waals surface area contributed by atoms with Crippen LogP contribution in [-0.2, 0) is 11.2 Å². The number of thioether (sulfide) groups is 1. The standard InChI is InChI=1S/C15H19NO2S.ClH/c17-15(18)7-10-1-5-13(6-2-10)19-14-8-11-3-4-12(9-14)16-11;/h1-2,5-6,11-12,14,16H,3-4,7-9H2,(H,17,18);1H. The van der Waals surface area contributed by atoms with Crippen LogP contribution in [0.4, 0.5) is 0 Å². The lowest BCUT2D eigenvalue weighted by molar-refractivity contribution is -0.136. The van der Waals surface area contributed by atoms with E-state index in [-0.39, 0.29) is 18.8 Å². The third-order valence-electron chi connectivity index (χ3n) is 4.01. The summed E-state index contributed by atoms with van der Waals surface area (Å²) in [7, 11) is 0. The fourth-order valence-corrected chi connectivity index (χ4v) is 4.49. The number of carbonyl (C=O) groups is 1. The highest BCUT2D eigenvalue weighted by atomic mass is 35.5. The minimum absolute atomic E-state index is 0. The second kappa shape index (κ2) is 6.83. The van der Waals surface area contributed by atoms with Gasteiger partial charge < -0.3 is 10.4 Å². The van der Waals surface area contributed by atoms with Crippen molar-refractivity contribution in [2.24, 2.45) is 0 Å². The molecule has 2 aliphatic rings. The molecule has 2 heterocycles. The van der Waals surface area contributed by atoms with Crippen molar-refractivity contribution in [2.75, 3.05) is 0 Å². The number of hydrogen-bond donors (Lipinski definition) is 2. The lowest BCUT2D eigenvalue weighted by Gasteiger charge is -2.28. The van der Waals surface area contributed by atoms with Crippen molar-refractivity contribution >= 4 is 30.1 Å². The van der Waals surface area contributed by atoms with Gasteiger partial charge in [-0.3, -0.25) is 4.79 Å². The number of aliphatic carboxylic acids is 1. The van der Waals surface area contributed by atoms with E-state index < -0.39 is 5.97 Å². The number of nitrogens with one attached hydrogen (secondary N) is 1. The molecule has 1 aromatic rings. The van der Waals surface area contributed by atoms with Crippen LogP contribution in [0.25, 0.3) is 0 Å². The number of fused-ring (bicyclic) bond motifs is 2. The molecular weight excluding hydrogens is 294 g/mol. The maximum absolute atomic E-state index is 10.6. The van der Waals surface area contributed by atoms with Crippen molar-refractivity contribution in [1.82, 2.24) is 5.32 Å². The molecule has 3 rings (SSSR count). The summed E-state index contributed by atoms with van der Waals surface area (Å²) >= 11 is 1.95. The van der Waals surface area contributed by atoms with E-state index in [1.165, 1.54) is 30.6 Å². The molecule has 0 aromatic heterocycles. The molecule has 1 aromatic carbocycles. The SMILES string of the molecule is Cl.O=C(O)Cc1ccc(SC2CC3CCC(C2)N3)cc1. The Hall–Kier alpha value is -0.710. The van der Waals surface area contributed by atoms with Gasteiger partial charge in [-0.05, 0) is 43.4 Å². The predicted octanol–water partition coefficient (Wildman–Crippen LogP) is 3.11. The molecule has 2 atom stereocenters. The molecule has 0 radical (unpaired) electrons. The van der Waals surface area contributed by atoms with Gasteiger partial charge in [0.1, 0.15) is 0 Å². The molecule has 2 N–H and O–H groups in total. The minimum atomic E-state index is -0.768. The van der Waals surface area contributed by atoms with Crippen LogP contribution in [0.2, 0.25) is 0 Å². The quantitative estimate of drug-likeness (QED) is 0.896. The monoisotopic (exact) mass is 313 g/mol. The Balaban J connectivity index is 0.00000147. The third kappa shape index (κ3) is 3.90. The van der Waals surface area contributed by atoms with E-state index in [0.29, 0.717) is 5.25 Å². The fraction of sp³-hybridized carbons (Fsp3) is 0.533. The Bertz CT molecular complexity index is 453. The van der Waals surface area contributed by atoms with Gasteiger partial charge in [-0.25, -0.2) is 0 Å². The summed E-state index contributed by atoms with van der Waals surface area (Å²) in [5.41, 5.74) is 0.877. The summed E-state index contributed by atoms with van der Waals surface area (Å²) in [4.78, 5) is 11.9. The molecule has 2 unspecified atom stereocenters. The molecule has 0 saturated carbocycles. The number of rotatable bonds is 4. The van der Waals surface area contributed by atoms with Crippen LogP contribution in [0.15, 0.2) is 29.2 Å². The van der Waals surface area contributed by atoms with Gasteiger partial charge in [-0.1, -0.05) is 12.1 Å². The van der Waals surface area contributed by atoms with Crippen LogP contribution in [0.1, 0.15) is 31.2 Å². The average Bonchev–Trinajstić information content (AvgIpc) is 2.71. The third-order valence-corrected chi connectivity index (χ3v) is 5.27. The molecule has 3 nitrogen and oxygen atoms in total. The molecule has 5 heteroatoms. The predicted molar refractivity (Wildman–Crippen MR) is 83.9 cm³/mol. The van der Waals surface area contributed by atoms with Gasteiger partial charge in [0.15, 0.2) is 0 Å². The molecule has 0 spiro atoms. The number of hydrogen-bond acceptors (Lipinski definition) is 3. The van der Waals surface area contributed by atoms with Crippen LogP contribution >= 0.6 is 24.2 Å². The Kier molecular flexibility index (Phi) is 5.35. The van der Waals surface area contributed by atoms with Crippen molar-refractivity contribution < 1.29 is 9.90 Å². The molecule has 2 saturated heterocycles. The van der Waals surface area contributed by atoms with Crippen molar-refractivity contribution in [2.45, 2.75) is 54.3 Å². The minimum Gasteiger partial charge on any atom is -0.481 e. The smallest absolute Gasteiger partial charge is 0.307 e. The van der Waals surface area contributed by atoms with Gasteiger partial charge >= 0.3 is 5.97 Å². The second-order valence-electron chi connectivity index (χ2n) is 5.56. The Labute approximate surface area is 129 Å². The van der Waals surface area contributed by atoms with E-state index in [0.717, 1.165) is 17.6 Å². The molecule has 0 amide bonds. The van der Waals surface area contributed by atoms with Crippen LogP contribution in [-0.4, -0.2) is 28.4 Å². The molecule has 20 heavy (non-hydrogen) atoms. The van der Waals surface area contributed by atoms with Crippen molar-refractivity contribution in [3.05, 3.63) is 29.8 Å². The summed E-state index contributed by atoms with van der Waals surface area (Å²) < 4.78 is 0. The summed E-state index contributed by atoms with van der Waals surface area (Å²) in [5.74, 6) is -0.768. The van der Waals surface area contributed by atoms with Crippen LogP contribution in [0.3, 0.4) is 0 Å². The van der Waals surface area contributed by atoms with Crippen molar-refractivity contribution in [1.29, 1.82) is 0 Å². The van der Waals surface area contributed by atoms with E-state index in [1.807, 2.05) is 23.9 Å². The van der Waals surface area contributed by atoms with Gasteiger partial charge in [0.25, 0.3) is 0 Å². The highest BCUT2D eigenvalue weighted by Gasteiger charge is 2.33. The van der Waals surface area contributed by atoms with Gasteiger partial charge in [0, 0.05) is 22.2 Å². The largest absolute Gasteiger partial charge is 0.481 e. The van der Waals surface area contributed by atoms with Gasteiger partial charge in [0.05, 0.1) is 6.42 Å². The van der Waals surface area contributed by atoms with Crippen molar-refractivity contribution in [3.63, 3.8) is 0 Å². The fourth-order valence-electron chi connectivity index (χ4n) is 3.15. The number of halogens is 1. The maximum Gasteiger partial charge on any atom is 0.307 e. The van der Waals surface area contributed by atoms with Crippen LogP contribution in [0, 0.1) is 0 Å². The lowest BCUT2D eigenvalue weighted by Crippen LogP contribution is -2.39. The van der Waals surface area contributed by atoms with Crippen LogP contribution < -0.4 is 5.32 Å². The number of carboxylic acids is 1. The zero-order chi connectivity index (χ0) is 13.2. The summed E-state index contributed by atoms with van der Waals surface area (Å²) in [6.07, 6.45) is 5.30. The van der Waals surface area contributed by atoms with Crippen LogP contribution in [0.5, 0.6) is 0 Å². The lowest BCUT2D eigenvalue weighted by atomic mass is 10.1. The average molecular weight is 314 g/mol. The molecule has 2 aliphatic heterocycles. The Morgan fingerprint density at radius 2 is 1.80 bits per heavy atom. The summed E-state index contributed by atoms with van der Waals surface area (Å²) in [6.45, 7) is 0. The highest BCUT2D eigenvalue weighted by Crippen LogP contribution is 2.37. The molecule has 0 aliphatic carbocycles. The first-order valence-electron chi connectivity index (χ1n) is 6.92. The first-order chi connectivity index (χ1) is 9.19. The first kappa shape index (κ1) is 15.7. The topological polar surface area (TPSA) is 49.3 Å². The van der Waals surface area contributed by atoms with E-state index in [4.69, 9.17) is 5.11 Å². The van der Waals surface area contributed by atoms with E-state index in [2.05, 4.69) is 17.4 Å². The number of benzene rings is 1. The Morgan fingerprint density at radius 3 is 2.35 bits per heavy atom. The maximum atomic E-state index is 10.6. The van der Waals surface area contributed by atoms with Gasteiger partial charge in [-0.15, -0.1) is 24.2 Å². The molecule has 110 valence electrons. The number of carboxylic acid groups (broad SMARTS) is 1. The number of piperidine rings is 1. The second-order valence-corrected chi connectivity index (χ2v) is 6.94. The summed E-state index contributed by atoms with van der Waals surface area (Å²) in [6, 6.07) is 9.45. The molecule has 2 bridgehead atoms. The summed E-state index contributed by atoms with van der Waals surface area (Å²) in [5, 5.41) is 13.1. The van der Waals surface area contributed by atoms with Crippen molar-refractivity contribution in [3.8, 4) is 0 Å². The van der Waals surface area contributed by atoms with Gasteiger partial charge in [-0.2, -0.15) is 0 Å². The van der Waals surface area contributed by atoms with E-state index in [9.17, 15) is 4.79 Å². The molecule has 2 fully saturated rings. The molecular formula is C15H20ClNO2S. The Morgan fingerprint density at radius 1 is 1.20 bits per heavy atom. The zero-order valence-corrected chi connectivity index (χ0v) is 12.9.